The number of nitrogens with zero attached hydrogens (tertiary/aromatic N) is 1. The second-order valence-corrected chi connectivity index (χ2v) is 4.23. The highest BCUT2D eigenvalue weighted by Crippen LogP contribution is 2.16. The van der Waals surface area contributed by atoms with E-state index in [-0.39, 0.29) is 11.3 Å². The minimum Gasteiger partial charge on any atom is -0.367 e. The quantitative estimate of drug-likeness (QED) is 0.756. The number of H-pyrrole nitrogens is 1. The van der Waals surface area contributed by atoms with E-state index in [4.69, 9.17) is 11.6 Å². The Kier molecular flexibility index (Phi) is 2.77. The number of likely N-dealkylation sites (tertiary alicyclic amines) is 1. The molecule has 3 nitrogen and oxygen atoms in total. The van der Waals surface area contributed by atoms with Gasteiger partial charge in [0.1, 0.15) is 0 Å². The van der Waals surface area contributed by atoms with Crippen LogP contribution in [-0.4, -0.2) is 34.3 Å². The fourth-order valence-corrected chi connectivity index (χ4v) is 2.02. The summed E-state index contributed by atoms with van der Waals surface area (Å²) >= 11 is 5.89. The van der Waals surface area contributed by atoms with Gasteiger partial charge in [-0.05, 0) is 18.1 Å². The van der Waals surface area contributed by atoms with Crippen LogP contribution in [0, 0.1) is 0 Å². The molecule has 1 amide bonds. The van der Waals surface area contributed by atoms with E-state index in [0.29, 0.717) is 13.0 Å². The van der Waals surface area contributed by atoms with Crippen molar-refractivity contribution in [3.8, 4) is 0 Å². The molecule has 0 aromatic carbocycles. The van der Waals surface area contributed by atoms with Gasteiger partial charge in [0.15, 0.2) is 0 Å². The monoisotopic (exact) mass is 212 g/mol. The number of carbonyl (C=O) groups excluding carboxylic acids is 1. The number of carbonyl (C=O) groups is 1. The summed E-state index contributed by atoms with van der Waals surface area (Å²) in [6.07, 6.45) is 5.25. The molecule has 1 aromatic rings. The normalized spacial score (nSPS) is 21.9. The summed E-state index contributed by atoms with van der Waals surface area (Å²) in [6, 6.07) is 2.03. The zero-order valence-electron chi connectivity index (χ0n) is 7.87. The van der Waals surface area contributed by atoms with Crippen LogP contribution in [0.3, 0.4) is 0 Å². The lowest BCUT2D eigenvalue weighted by molar-refractivity contribution is -0.127. The first-order valence-electron chi connectivity index (χ1n) is 4.79. The third-order valence-electron chi connectivity index (χ3n) is 2.50. The largest absolute Gasteiger partial charge is 0.367 e. The summed E-state index contributed by atoms with van der Waals surface area (Å²) in [5, 5.41) is 0.00808. The standard InChI is InChI=1S/C10H13ClN2O/c11-9-5-10(14)13(7-9)4-2-8-1-3-12-6-8/h1,3,6,9,12H,2,4-5,7H2. The molecule has 0 spiro atoms. The van der Waals surface area contributed by atoms with Gasteiger partial charge in [0.05, 0.1) is 5.38 Å². The number of alkyl halides is 1. The maximum Gasteiger partial charge on any atom is 0.224 e. The Morgan fingerprint density at radius 3 is 3.07 bits per heavy atom. The topological polar surface area (TPSA) is 36.1 Å². The van der Waals surface area contributed by atoms with Crippen molar-refractivity contribution in [3.05, 3.63) is 24.0 Å². The molecule has 1 N–H and O–H groups in total. The van der Waals surface area contributed by atoms with Crippen LogP contribution in [0.5, 0.6) is 0 Å². The summed E-state index contributed by atoms with van der Waals surface area (Å²) in [4.78, 5) is 16.2. The van der Waals surface area contributed by atoms with Crippen molar-refractivity contribution in [1.82, 2.24) is 9.88 Å². The Bertz CT molecular complexity index is 310. The van der Waals surface area contributed by atoms with E-state index in [1.165, 1.54) is 5.56 Å². The molecular formula is C10H13ClN2O. The van der Waals surface area contributed by atoms with Crippen molar-refractivity contribution in [2.45, 2.75) is 18.2 Å². The van der Waals surface area contributed by atoms with Gasteiger partial charge in [-0.15, -0.1) is 11.6 Å². The van der Waals surface area contributed by atoms with E-state index >= 15 is 0 Å². The lowest BCUT2D eigenvalue weighted by atomic mass is 10.2. The van der Waals surface area contributed by atoms with Gasteiger partial charge in [-0.25, -0.2) is 0 Å². The van der Waals surface area contributed by atoms with Crippen molar-refractivity contribution < 1.29 is 4.79 Å². The molecular weight excluding hydrogens is 200 g/mol. The molecule has 14 heavy (non-hydrogen) atoms. The lowest BCUT2D eigenvalue weighted by Crippen LogP contribution is -2.27. The summed E-state index contributed by atoms with van der Waals surface area (Å²) in [7, 11) is 0. The average Bonchev–Trinajstić information content (AvgIpc) is 2.72. The molecule has 2 heterocycles. The first kappa shape index (κ1) is 9.59. The molecule has 1 aromatic heterocycles. The fraction of sp³-hybridized carbons (Fsp3) is 0.500. The van der Waals surface area contributed by atoms with Crippen molar-refractivity contribution in [2.24, 2.45) is 0 Å². The smallest absolute Gasteiger partial charge is 0.224 e. The van der Waals surface area contributed by atoms with Gasteiger partial charge in [0, 0.05) is 31.9 Å². The van der Waals surface area contributed by atoms with Crippen molar-refractivity contribution >= 4 is 17.5 Å². The average molecular weight is 213 g/mol. The summed E-state index contributed by atoms with van der Waals surface area (Å²) < 4.78 is 0. The molecule has 76 valence electrons. The molecule has 0 saturated carbocycles. The lowest BCUT2D eigenvalue weighted by Gasteiger charge is -2.14. The van der Waals surface area contributed by atoms with Gasteiger partial charge < -0.3 is 9.88 Å². The highest BCUT2D eigenvalue weighted by Gasteiger charge is 2.27. The maximum atomic E-state index is 11.4. The number of halogens is 1. The second kappa shape index (κ2) is 4.05. The van der Waals surface area contributed by atoms with Gasteiger partial charge in [-0.3, -0.25) is 4.79 Å². The molecule has 2 rings (SSSR count). The van der Waals surface area contributed by atoms with E-state index in [1.807, 2.05) is 23.4 Å². The number of rotatable bonds is 3. The van der Waals surface area contributed by atoms with Crippen LogP contribution in [0.2, 0.25) is 0 Å². The first-order chi connectivity index (χ1) is 6.75. The maximum absolute atomic E-state index is 11.4. The molecule has 1 aliphatic heterocycles. The summed E-state index contributed by atoms with van der Waals surface area (Å²) in [5.74, 6) is 0.181. The molecule has 1 fully saturated rings. The predicted octanol–water partition coefficient (Wildman–Crippen LogP) is 1.40. The Morgan fingerprint density at radius 1 is 1.64 bits per heavy atom. The van der Waals surface area contributed by atoms with E-state index in [1.54, 1.807) is 0 Å². The first-order valence-corrected chi connectivity index (χ1v) is 5.23. The third-order valence-corrected chi connectivity index (χ3v) is 2.79. The minimum atomic E-state index is 0.00808. The van der Waals surface area contributed by atoms with E-state index in [0.717, 1.165) is 13.0 Å². The second-order valence-electron chi connectivity index (χ2n) is 3.61. The summed E-state index contributed by atoms with van der Waals surface area (Å²) in [5.41, 5.74) is 1.23. The number of nitrogens with one attached hydrogen (secondary N) is 1. The molecule has 0 bridgehead atoms. The van der Waals surface area contributed by atoms with Crippen LogP contribution >= 0.6 is 11.6 Å². The molecule has 1 atom stereocenters. The molecule has 4 heteroatoms. The number of aromatic nitrogens is 1. The van der Waals surface area contributed by atoms with E-state index in [2.05, 4.69) is 4.98 Å². The molecule has 0 aliphatic carbocycles. The highest BCUT2D eigenvalue weighted by atomic mass is 35.5. The number of amides is 1. The number of hydrogen-bond donors (Lipinski definition) is 1. The number of hydrogen-bond acceptors (Lipinski definition) is 1. The van der Waals surface area contributed by atoms with Crippen LogP contribution < -0.4 is 0 Å². The zero-order chi connectivity index (χ0) is 9.97. The van der Waals surface area contributed by atoms with Crippen molar-refractivity contribution in [3.63, 3.8) is 0 Å². The molecule has 1 unspecified atom stereocenters. The fourth-order valence-electron chi connectivity index (χ4n) is 1.72. The molecule has 1 saturated heterocycles. The van der Waals surface area contributed by atoms with Crippen molar-refractivity contribution in [2.75, 3.05) is 13.1 Å². The Balaban J connectivity index is 1.84. The molecule has 1 aliphatic rings. The van der Waals surface area contributed by atoms with Crippen LogP contribution in [0.4, 0.5) is 0 Å². The predicted molar refractivity (Wildman–Crippen MR) is 55.3 cm³/mol. The number of aromatic amines is 1. The van der Waals surface area contributed by atoms with Crippen LogP contribution in [-0.2, 0) is 11.2 Å². The highest BCUT2D eigenvalue weighted by molar-refractivity contribution is 6.22. The SMILES string of the molecule is O=C1CC(Cl)CN1CCc1cc[nH]c1. The third kappa shape index (κ3) is 2.10. The van der Waals surface area contributed by atoms with E-state index in [9.17, 15) is 4.79 Å². The Morgan fingerprint density at radius 2 is 2.50 bits per heavy atom. The van der Waals surface area contributed by atoms with Gasteiger partial charge in [-0.1, -0.05) is 0 Å². The van der Waals surface area contributed by atoms with Crippen LogP contribution in [0.1, 0.15) is 12.0 Å². The zero-order valence-corrected chi connectivity index (χ0v) is 8.63. The van der Waals surface area contributed by atoms with Gasteiger partial charge in [-0.2, -0.15) is 0 Å². The Hall–Kier alpha value is -0.960. The van der Waals surface area contributed by atoms with Crippen molar-refractivity contribution in [1.29, 1.82) is 0 Å². The van der Waals surface area contributed by atoms with Gasteiger partial charge in [0.25, 0.3) is 0 Å². The van der Waals surface area contributed by atoms with Crippen LogP contribution in [0.25, 0.3) is 0 Å². The summed E-state index contributed by atoms with van der Waals surface area (Å²) in [6.45, 7) is 1.48. The minimum absolute atomic E-state index is 0.00808. The Labute approximate surface area is 88.0 Å². The van der Waals surface area contributed by atoms with Crippen LogP contribution in [0.15, 0.2) is 18.5 Å². The van der Waals surface area contributed by atoms with E-state index < -0.39 is 0 Å². The molecule has 0 radical (unpaired) electrons. The van der Waals surface area contributed by atoms with Gasteiger partial charge in [0.2, 0.25) is 5.91 Å². The van der Waals surface area contributed by atoms with Gasteiger partial charge >= 0.3 is 0 Å².